The summed E-state index contributed by atoms with van der Waals surface area (Å²) in [6, 6.07) is 18.1. The van der Waals surface area contributed by atoms with Crippen molar-refractivity contribution in [2.75, 3.05) is 23.9 Å². The summed E-state index contributed by atoms with van der Waals surface area (Å²) < 4.78 is 5.26. The summed E-state index contributed by atoms with van der Waals surface area (Å²) in [4.78, 5) is 11.7. The van der Waals surface area contributed by atoms with Crippen LogP contribution in [0.15, 0.2) is 54.6 Å². The molecule has 140 valence electrons. The van der Waals surface area contributed by atoms with Crippen LogP contribution in [0.5, 0.6) is 5.75 Å². The van der Waals surface area contributed by atoms with Crippen LogP contribution < -0.4 is 15.0 Å². The van der Waals surface area contributed by atoms with Crippen LogP contribution in [0, 0.1) is 0 Å². The van der Waals surface area contributed by atoms with Gasteiger partial charge in [0.25, 0.3) is 0 Å². The van der Waals surface area contributed by atoms with E-state index in [1.165, 1.54) is 5.56 Å². The second-order valence-electron chi connectivity index (χ2n) is 6.78. The molecule has 2 aromatic carbocycles. The summed E-state index contributed by atoms with van der Waals surface area (Å²) in [6.45, 7) is 1.63. The fraction of sp³-hybridized carbons (Fsp3) is 0.190. The first-order valence-corrected chi connectivity index (χ1v) is 9.25. The van der Waals surface area contributed by atoms with Crippen LogP contribution in [-0.2, 0) is 13.0 Å². The first-order valence-electron chi connectivity index (χ1n) is 9.25. The van der Waals surface area contributed by atoms with Gasteiger partial charge in [0.1, 0.15) is 11.6 Å². The average molecular weight is 372 g/mol. The molecule has 0 amide bonds. The van der Waals surface area contributed by atoms with Crippen LogP contribution in [0.3, 0.4) is 0 Å². The maximum atomic E-state index is 5.26. The van der Waals surface area contributed by atoms with Gasteiger partial charge in [-0.05, 0) is 29.8 Å². The number of nitrogens with zero attached hydrogens (tertiary/aromatic N) is 4. The molecule has 0 atom stereocenters. The Morgan fingerprint density at radius 2 is 1.89 bits per heavy atom. The Labute approximate surface area is 162 Å². The molecule has 0 aliphatic carbocycles. The second-order valence-corrected chi connectivity index (χ2v) is 6.78. The Balaban J connectivity index is 1.50. The number of aromatic nitrogens is 4. The Morgan fingerprint density at radius 3 is 2.68 bits per heavy atom. The highest BCUT2D eigenvalue weighted by Crippen LogP contribution is 2.33. The number of aromatic amines is 1. The molecule has 7 nitrogen and oxygen atoms in total. The van der Waals surface area contributed by atoms with Crippen molar-refractivity contribution in [3.63, 3.8) is 0 Å². The third-order valence-electron chi connectivity index (χ3n) is 4.96. The Kier molecular flexibility index (Phi) is 4.05. The van der Waals surface area contributed by atoms with E-state index in [1.54, 1.807) is 7.11 Å². The quantitative estimate of drug-likeness (QED) is 0.556. The maximum Gasteiger partial charge on any atom is 0.231 e. The van der Waals surface area contributed by atoms with E-state index in [2.05, 4.69) is 37.5 Å². The SMILES string of the molecule is COc1ccc(CN2CCc3n[nH]c4nc(Nc5ccccc5)nc2c34)cc1. The van der Waals surface area contributed by atoms with Gasteiger partial charge in [-0.15, -0.1) is 0 Å². The fourth-order valence-electron chi connectivity index (χ4n) is 3.54. The third-order valence-corrected chi connectivity index (χ3v) is 4.96. The first kappa shape index (κ1) is 16.6. The Hall–Kier alpha value is -3.61. The zero-order chi connectivity index (χ0) is 18.9. The Bertz CT molecular complexity index is 1110. The molecule has 0 saturated carbocycles. The molecule has 0 fully saturated rings. The van der Waals surface area contributed by atoms with Crippen LogP contribution >= 0.6 is 0 Å². The van der Waals surface area contributed by atoms with Crippen molar-refractivity contribution >= 4 is 28.5 Å². The number of nitrogens with one attached hydrogen (secondary N) is 2. The summed E-state index contributed by atoms with van der Waals surface area (Å²) in [5.74, 6) is 2.33. The van der Waals surface area contributed by atoms with E-state index in [-0.39, 0.29) is 0 Å². The van der Waals surface area contributed by atoms with Crippen LogP contribution in [0.25, 0.3) is 11.0 Å². The van der Waals surface area contributed by atoms with Crippen molar-refractivity contribution < 1.29 is 4.74 Å². The van der Waals surface area contributed by atoms with E-state index in [1.807, 2.05) is 42.5 Å². The van der Waals surface area contributed by atoms with Gasteiger partial charge in [-0.1, -0.05) is 30.3 Å². The van der Waals surface area contributed by atoms with E-state index in [4.69, 9.17) is 9.72 Å². The number of rotatable bonds is 5. The lowest BCUT2D eigenvalue weighted by Gasteiger charge is -2.28. The van der Waals surface area contributed by atoms with Gasteiger partial charge in [0, 0.05) is 25.2 Å². The predicted octanol–water partition coefficient (Wildman–Crippen LogP) is 3.67. The molecule has 1 aliphatic heterocycles. The molecule has 1 aliphatic rings. The van der Waals surface area contributed by atoms with Crippen molar-refractivity contribution in [2.45, 2.75) is 13.0 Å². The largest absolute Gasteiger partial charge is 0.497 e. The molecule has 7 heteroatoms. The van der Waals surface area contributed by atoms with Crippen molar-refractivity contribution in [1.82, 2.24) is 20.2 Å². The van der Waals surface area contributed by atoms with E-state index in [0.717, 1.165) is 53.5 Å². The van der Waals surface area contributed by atoms with E-state index < -0.39 is 0 Å². The predicted molar refractivity (Wildman–Crippen MR) is 109 cm³/mol. The van der Waals surface area contributed by atoms with Crippen molar-refractivity contribution in [1.29, 1.82) is 0 Å². The Morgan fingerprint density at radius 1 is 1.07 bits per heavy atom. The number of para-hydroxylation sites is 1. The van der Waals surface area contributed by atoms with Gasteiger partial charge in [-0.25, -0.2) is 0 Å². The number of hydrogen-bond donors (Lipinski definition) is 2. The van der Waals surface area contributed by atoms with Gasteiger partial charge >= 0.3 is 0 Å². The second kappa shape index (κ2) is 6.84. The van der Waals surface area contributed by atoms with E-state index >= 15 is 0 Å². The minimum absolute atomic E-state index is 0.561. The third kappa shape index (κ3) is 3.00. The molecule has 0 saturated heterocycles. The fourth-order valence-corrected chi connectivity index (χ4v) is 3.54. The summed E-state index contributed by atoms with van der Waals surface area (Å²) in [7, 11) is 1.68. The van der Waals surface area contributed by atoms with Crippen LogP contribution in [0.1, 0.15) is 11.3 Å². The van der Waals surface area contributed by atoms with Gasteiger partial charge in [-0.2, -0.15) is 15.1 Å². The smallest absolute Gasteiger partial charge is 0.231 e. The standard InChI is InChI=1S/C21H20N6O/c1-28-16-9-7-14(8-10-16)13-27-12-11-17-18-19(26-25-17)23-21(24-20(18)27)22-15-5-3-2-4-6-15/h2-10H,11-13H2,1H3,(H2,22,23,24,25,26). The van der Waals surface area contributed by atoms with Crippen LogP contribution in [0.4, 0.5) is 17.5 Å². The minimum atomic E-state index is 0.561. The summed E-state index contributed by atoms with van der Waals surface area (Å²) >= 11 is 0. The van der Waals surface area contributed by atoms with Crippen LogP contribution in [0.2, 0.25) is 0 Å². The van der Waals surface area contributed by atoms with Gasteiger partial charge in [0.15, 0.2) is 5.65 Å². The van der Waals surface area contributed by atoms with Crippen molar-refractivity contribution in [2.24, 2.45) is 0 Å². The van der Waals surface area contributed by atoms with Gasteiger partial charge in [0.2, 0.25) is 5.95 Å². The maximum absolute atomic E-state index is 5.26. The zero-order valence-corrected chi connectivity index (χ0v) is 15.5. The number of H-pyrrole nitrogens is 1. The van der Waals surface area contributed by atoms with Gasteiger partial charge < -0.3 is 15.0 Å². The monoisotopic (exact) mass is 372 g/mol. The topological polar surface area (TPSA) is 79.0 Å². The molecule has 0 unspecified atom stereocenters. The lowest BCUT2D eigenvalue weighted by Crippen LogP contribution is -2.29. The van der Waals surface area contributed by atoms with Crippen molar-refractivity contribution in [3.8, 4) is 5.75 Å². The number of hydrogen-bond acceptors (Lipinski definition) is 6. The number of benzene rings is 2. The molecule has 2 N–H and O–H groups in total. The highest BCUT2D eigenvalue weighted by atomic mass is 16.5. The van der Waals surface area contributed by atoms with Crippen LogP contribution in [-0.4, -0.2) is 33.8 Å². The van der Waals surface area contributed by atoms with Gasteiger partial charge in [-0.3, -0.25) is 5.10 Å². The molecule has 2 aromatic heterocycles. The first-order chi connectivity index (χ1) is 13.8. The molecule has 0 radical (unpaired) electrons. The van der Waals surface area contributed by atoms with Crippen molar-refractivity contribution in [3.05, 3.63) is 65.9 Å². The molecule has 5 rings (SSSR count). The summed E-state index contributed by atoms with van der Waals surface area (Å²) in [5.41, 5.74) is 3.95. The molecule has 0 bridgehead atoms. The number of methoxy groups -OCH3 is 1. The average Bonchev–Trinajstić information content (AvgIpc) is 3.15. The minimum Gasteiger partial charge on any atom is -0.497 e. The van der Waals surface area contributed by atoms with E-state index in [0.29, 0.717) is 5.95 Å². The van der Waals surface area contributed by atoms with E-state index in [9.17, 15) is 0 Å². The lowest BCUT2D eigenvalue weighted by atomic mass is 10.1. The van der Waals surface area contributed by atoms with Gasteiger partial charge in [0.05, 0.1) is 18.2 Å². The molecule has 28 heavy (non-hydrogen) atoms. The molecule has 3 heterocycles. The summed E-state index contributed by atoms with van der Waals surface area (Å²) in [6.07, 6.45) is 0.873. The molecular weight excluding hydrogens is 352 g/mol. The number of anilines is 3. The highest BCUT2D eigenvalue weighted by molar-refractivity contribution is 5.92. The number of ether oxygens (including phenoxy) is 1. The normalized spacial score (nSPS) is 13.0. The summed E-state index contributed by atoms with van der Waals surface area (Å²) in [5, 5.41) is 11.8. The molecule has 4 aromatic rings. The zero-order valence-electron chi connectivity index (χ0n) is 15.5. The molecule has 0 spiro atoms. The molecular formula is C21H20N6O. The highest BCUT2D eigenvalue weighted by Gasteiger charge is 2.25. The lowest BCUT2D eigenvalue weighted by molar-refractivity contribution is 0.414.